The van der Waals surface area contributed by atoms with Crippen LogP contribution in [0.1, 0.15) is 48.0 Å². The Hall–Kier alpha value is -1.77. The number of ether oxygens (including phenoxy) is 1. The molecular formula is C19H22F3NO4S. The molecule has 2 unspecified atom stereocenters. The minimum Gasteiger partial charge on any atom is -0.492 e. The fourth-order valence-electron chi connectivity index (χ4n) is 5.67. The Labute approximate surface area is 161 Å². The molecule has 1 amide bonds. The van der Waals surface area contributed by atoms with Crippen molar-refractivity contribution in [2.45, 2.75) is 38.3 Å². The van der Waals surface area contributed by atoms with Crippen molar-refractivity contribution in [1.82, 2.24) is 4.72 Å². The van der Waals surface area contributed by atoms with Gasteiger partial charge in [0.15, 0.2) is 0 Å². The van der Waals surface area contributed by atoms with Crippen LogP contribution < -0.4 is 9.46 Å². The summed E-state index contributed by atoms with van der Waals surface area (Å²) in [5, 5.41) is 0. The monoisotopic (exact) mass is 417 g/mol. The molecule has 0 heterocycles. The van der Waals surface area contributed by atoms with E-state index in [9.17, 15) is 26.4 Å². The van der Waals surface area contributed by atoms with Gasteiger partial charge in [-0.15, -0.1) is 0 Å². The van der Waals surface area contributed by atoms with Crippen LogP contribution in [0.15, 0.2) is 18.2 Å². The van der Waals surface area contributed by atoms with Crippen molar-refractivity contribution in [1.29, 1.82) is 0 Å². The third-order valence-corrected chi connectivity index (χ3v) is 7.06. The highest BCUT2D eigenvalue weighted by atomic mass is 32.2. The molecule has 1 aromatic rings. The van der Waals surface area contributed by atoms with Crippen molar-refractivity contribution in [3.8, 4) is 5.75 Å². The maximum Gasteiger partial charge on any atom is 0.419 e. The van der Waals surface area contributed by atoms with Crippen LogP contribution in [-0.2, 0) is 16.2 Å². The Balaban J connectivity index is 1.56. The molecule has 5 nitrogen and oxygen atoms in total. The number of halogens is 3. The van der Waals surface area contributed by atoms with Crippen molar-refractivity contribution < 1.29 is 31.1 Å². The number of hydrogen-bond acceptors (Lipinski definition) is 4. The van der Waals surface area contributed by atoms with E-state index in [1.807, 2.05) is 0 Å². The molecule has 5 rings (SSSR count). The molecule has 0 radical (unpaired) electrons. The van der Waals surface area contributed by atoms with Crippen LogP contribution in [0.4, 0.5) is 13.2 Å². The topological polar surface area (TPSA) is 72.5 Å². The second-order valence-corrected chi connectivity index (χ2v) is 10.4. The molecule has 0 spiro atoms. The van der Waals surface area contributed by atoms with Gasteiger partial charge in [0.05, 0.1) is 18.4 Å². The first kappa shape index (κ1) is 19.5. The molecule has 4 aliphatic carbocycles. The zero-order valence-corrected chi connectivity index (χ0v) is 16.2. The van der Waals surface area contributed by atoms with Gasteiger partial charge >= 0.3 is 6.18 Å². The summed E-state index contributed by atoms with van der Waals surface area (Å²) in [5.74, 6) is 0.454. The normalized spacial score (nSPS) is 31.2. The highest BCUT2D eigenvalue weighted by molar-refractivity contribution is 7.89. The number of rotatable bonds is 5. The molecule has 4 aliphatic rings. The van der Waals surface area contributed by atoms with Gasteiger partial charge in [0, 0.05) is 11.0 Å². The predicted molar refractivity (Wildman–Crippen MR) is 95.2 cm³/mol. The minimum absolute atomic E-state index is 0.0250. The average Bonchev–Trinajstić information content (AvgIpc) is 2.94. The van der Waals surface area contributed by atoms with Crippen molar-refractivity contribution >= 4 is 15.9 Å². The van der Waals surface area contributed by atoms with E-state index in [4.69, 9.17) is 4.74 Å². The Kier molecular flexibility index (Phi) is 4.44. The number of alkyl halides is 3. The van der Waals surface area contributed by atoms with Gasteiger partial charge in [-0.05, 0) is 68.1 Å². The van der Waals surface area contributed by atoms with Crippen LogP contribution in [0.25, 0.3) is 0 Å². The first-order valence-electron chi connectivity index (χ1n) is 9.31. The number of carbonyl (C=O) groups is 1. The molecule has 2 atom stereocenters. The van der Waals surface area contributed by atoms with Gasteiger partial charge in [-0.1, -0.05) is 0 Å². The number of nitrogens with one attached hydrogen (secondary N) is 1. The largest absolute Gasteiger partial charge is 0.492 e. The third kappa shape index (κ3) is 3.60. The molecule has 4 bridgehead atoms. The van der Waals surface area contributed by atoms with Gasteiger partial charge in [0.25, 0.3) is 5.91 Å². The lowest BCUT2D eigenvalue weighted by Crippen LogP contribution is -2.31. The predicted octanol–water partition coefficient (Wildman–Crippen LogP) is 3.60. The number of amides is 1. The maximum absolute atomic E-state index is 13.5. The van der Waals surface area contributed by atoms with Crippen LogP contribution in [0.5, 0.6) is 5.75 Å². The van der Waals surface area contributed by atoms with E-state index in [-0.39, 0.29) is 23.3 Å². The van der Waals surface area contributed by atoms with Gasteiger partial charge in [0.1, 0.15) is 5.75 Å². The van der Waals surface area contributed by atoms with E-state index < -0.39 is 27.7 Å². The molecule has 154 valence electrons. The summed E-state index contributed by atoms with van der Waals surface area (Å²) in [6.45, 7) is 0.253. The smallest absolute Gasteiger partial charge is 0.419 e. The zero-order chi connectivity index (χ0) is 20.3. The van der Waals surface area contributed by atoms with Crippen LogP contribution in [0, 0.1) is 23.2 Å². The molecule has 0 saturated heterocycles. The molecule has 28 heavy (non-hydrogen) atoms. The van der Waals surface area contributed by atoms with Crippen molar-refractivity contribution in [2.24, 2.45) is 23.2 Å². The first-order valence-corrected chi connectivity index (χ1v) is 11.2. The summed E-state index contributed by atoms with van der Waals surface area (Å²) in [6.07, 6.45) is 1.61. The van der Waals surface area contributed by atoms with Gasteiger partial charge in [-0.2, -0.15) is 13.2 Å². The molecule has 4 fully saturated rings. The van der Waals surface area contributed by atoms with Crippen LogP contribution >= 0.6 is 0 Å². The van der Waals surface area contributed by atoms with E-state index in [1.54, 1.807) is 4.72 Å². The second-order valence-electron chi connectivity index (χ2n) is 8.61. The SMILES string of the molecule is CS(=O)(=O)NC(=O)c1ccc(OCC23CC4CC(CC2C4)C3)c(C(F)(F)F)c1. The number of carbonyl (C=O) groups excluding carboxylic acids is 1. The standard InChI is InChI=1S/C19H22F3NO4S/c1-28(25,26)23-17(24)13-2-3-16(15(7-13)19(20,21)22)27-10-18-8-11-4-12(9-18)6-14(18)5-11/h2-3,7,11-12,14H,4-6,8-10H2,1H3,(H,23,24). The highest BCUT2D eigenvalue weighted by Gasteiger charge is 2.58. The van der Waals surface area contributed by atoms with Crippen LogP contribution in [0.3, 0.4) is 0 Å². The van der Waals surface area contributed by atoms with Crippen molar-refractivity contribution in [3.05, 3.63) is 29.3 Å². The van der Waals surface area contributed by atoms with Crippen molar-refractivity contribution in [3.63, 3.8) is 0 Å². The lowest BCUT2D eigenvalue weighted by molar-refractivity contribution is -0.139. The molecule has 9 heteroatoms. The lowest BCUT2D eigenvalue weighted by atomic mass is 9.76. The second kappa shape index (κ2) is 6.37. The molecule has 0 aromatic heterocycles. The number of benzene rings is 1. The van der Waals surface area contributed by atoms with Gasteiger partial charge in [-0.25, -0.2) is 13.1 Å². The summed E-state index contributed by atoms with van der Waals surface area (Å²) in [5.41, 5.74) is -1.48. The third-order valence-electron chi connectivity index (χ3n) is 6.50. The Morgan fingerprint density at radius 2 is 1.86 bits per heavy atom. The number of sulfonamides is 1. The van der Waals surface area contributed by atoms with E-state index >= 15 is 0 Å². The van der Waals surface area contributed by atoms with Gasteiger partial charge < -0.3 is 4.74 Å². The Morgan fingerprint density at radius 3 is 2.43 bits per heavy atom. The summed E-state index contributed by atoms with van der Waals surface area (Å²) in [7, 11) is -3.88. The van der Waals surface area contributed by atoms with Crippen molar-refractivity contribution in [2.75, 3.05) is 12.9 Å². The molecule has 1 N–H and O–H groups in total. The zero-order valence-electron chi connectivity index (χ0n) is 15.4. The van der Waals surface area contributed by atoms with Crippen LogP contribution in [-0.4, -0.2) is 27.2 Å². The highest BCUT2D eigenvalue weighted by Crippen LogP contribution is 2.65. The minimum atomic E-state index is -4.72. The maximum atomic E-state index is 13.5. The van der Waals surface area contributed by atoms with Crippen LogP contribution in [0.2, 0.25) is 0 Å². The first-order chi connectivity index (χ1) is 13.0. The van der Waals surface area contributed by atoms with E-state index in [0.29, 0.717) is 23.8 Å². The quantitative estimate of drug-likeness (QED) is 0.795. The summed E-state index contributed by atoms with van der Waals surface area (Å²) >= 11 is 0. The molecule has 1 aromatic carbocycles. The summed E-state index contributed by atoms with van der Waals surface area (Å²) in [4.78, 5) is 11.9. The number of hydrogen-bond donors (Lipinski definition) is 1. The van der Waals surface area contributed by atoms with Gasteiger partial charge in [-0.3, -0.25) is 4.79 Å². The lowest BCUT2D eigenvalue weighted by Gasteiger charge is -2.33. The van der Waals surface area contributed by atoms with E-state index in [1.165, 1.54) is 6.42 Å². The van der Waals surface area contributed by atoms with Gasteiger partial charge in [0.2, 0.25) is 10.0 Å². The van der Waals surface area contributed by atoms with E-state index in [2.05, 4.69) is 0 Å². The average molecular weight is 417 g/mol. The summed E-state index contributed by atoms with van der Waals surface area (Å²) in [6, 6.07) is 2.91. The summed E-state index contributed by atoms with van der Waals surface area (Å²) < 4.78 is 70.3. The fraction of sp³-hybridized carbons (Fsp3) is 0.632. The Morgan fingerprint density at radius 1 is 1.21 bits per heavy atom. The molecular weight excluding hydrogens is 395 g/mol. The fourth-order valence-corrected chi connectivity index (χ4v) is 6.12. The van der Waals surface area contributed by atoms with E-state index in [0.717, 1.165) is 44.1 Å². The molecule has 0 aliphatic heterocycles. The molecule has 4 saturated carbocycles. The Bertz CT molecular complexity index is 898.